The first-order valence-electron chi connectivity index (χ1n) is 6.09. The third-order valence-electron chi connectivity index (χ3n) is 3.26. The Morgan fingerprint density at radius 2 is 1.89 bits per heavy atom. The van der Waals surface area contributed by atoms with Crippen LogP contribution >= 0.6 is 35.5 Å². The van der Waals surface area contributed by atoms with Crippen LogP contribution in [0, 0.1) is 0 Å². The van der Waals surface area contributed by atoms with Gasteiger partial charge in [0.05, 0.1) is 10.2 Å². The Balaban J connectivity index is 0.00000120. The molecule has 1 heterocycles. The van der Waals surface area contributed by atoms with Crippen molar-refractivity contribution in [2.75, 3.05) is 0 Å². The van der Waals surface area contributed by atoms with Crippen molar-refractivity contribution in [2.45, 2.75) is 41.3 Å². The fraction of sp³-hybridized carbons (Fsp3) is 0.462. The zero-order valence-corrected chi connectivity index (χ0v) is 12.5. The fourth-order valence-corrected chi connectivity index (χ4v) is 4.76. The summed E-state index contributed by atoms with van der Waals surface area (Å²) >= 11 is 3.76. The summed E-state index contributed by atoms with van der Waals surface area (Å²) in [5.74, 6) is 0. The van der Waals surface area contributed by atoms with Gasteiger partial charge in [-0.15, -0.1) is 23.7 Å². The van der Waals surface area contributed by atoms with Crippen LogP contribution in [-0.2, 0) is 0 Å². The molecule has 18 heavy (non-hydrogen) atoms. The Kier molecular flexibility index (Phi) is 4.90. The predicted molar refractivity (Wildman–Crippen MR) is 83.0 cm³/mol. The molecule has 0 spiro atoms. The molecule has 2 nitrogen and oxygen atoms in total. The Bertz CT molecular complexity index is 473. The average molecular weight is 301 g/mol. The monoisotopic (exact) mass is 300 g/mol. The number of rotatable bonds is 2. The Morgan fingerprint density at radius 1 is 1.17 bits per heavy atom. The molecule has 1 fully saturated rings. The van der Waals surface area contributed by atoms with Crippen LogP contribution in [0.25, 0.3) is 10.2 Å². The maximum atomic E-state index is 5.93. The summed E-state index contributed by atoms with van der Waals surface area (Å²) in [6, 6.07) is 8.80. The molecule has 1 aliphatic carbocycles. The lowest BCUT2D eigenvalue weighted by Gasteiger charge is -2.24. The van der Waals surface area contributed by atoms with Gasteiger partial charge in [0.1, 0.15) is 0 Å². The van der Waals surface area contributed by atoms with E-state index >= 15 is 0 Å². The molecule has 1 aromatic carbocycles. The van der Waals surface area contributed by atoms with Gasteiger partial charge in [-0.05, 0) is 37.8 Å². The molecule has 0 atom stereocenters. The first-order chi connectivity index (χ1) is 8.31. The van der Waals surface area contributed by atoms with Gasteiger partial charge in [-0.3, -0.25) is 0 Å². The van der Waals surface area contributed by atoms with Crippen molar-refractivity contribution in [3.8, 4) is 0 Å². The molecule has 2 N–H and O–H groups in total. The second-order valence-corrected chi connectivity index (χ2v) is 7.18. The fourth-order valence-electron chi connectivity index (χ4n) is 2.25. The highest BCUT2D eigenvalue weighted by atomic mass is 35.5. The third kappa shape index (κ3) is 3.18. The molecule has 0 radical (unpaired) electrons. The standard InChI is InChI=1S/C13H16N2S2.ClH/c14-9-5-7-10(8-6-9)16-13-15-11-3-1-2-4-12(11)17-13;/h1-4,9-10H,5-8,14H2;1H. The number of aromatic nitrogens is 1. The van der Waals surface area contributed by atoms with E-state index in [1.54, 1.807) is 0 Å². The van der Waals surface area contributed by atoms with E-state index in [1.807, 2.05) is 23.1 Å². The van der Waals surface area contributed by atoms with Crippen LogP contribution in [0.5, 0.6) is 0 Å². The summed E-state index contributed by atoms with van der Waals surface area (Å²) in [5.41, 5.74) is 7.06. The molecule has 1 saturated carbocycles. The van der Waals surface area contributed by atoms with Crippen LogP contribution in [0.4, 0.5) is 0 Å². The minimum absolute atomic E-state index is 0. The van der Waals surface area contributed by atoms with E-state index in [2.05, 4.69) is 29.2 Å². The number of hydrogen-bond acceptors (Lipinski definition) is 4. The zero-order valence-electron chi connectivity index (χ0n) is 10.0. The number of halogens is 1. The van der Waals surface area contributed by atoms with Gasteiger partial charge in [0.15, 0.2) is 4.34 Å². The van der Waals surface area contributed by atoms with Gasteiger partial charge < -0.3 is 5.73 Å². The Morgan fingerprint density at radius 3 is 2.61 bits per heavy atom. The molecular weight excluding hydrogens is 284 g/mol. The number of hydrogen-bond donors (Lipinski definition) is 1. The summed E-state index contributed by atoms with van der Waals surface area (Å²) < 4.78 is 2.51. The lowest BCUT2D eigenvalue weighted by molar-refractivity contribution is 0.451. The number of nitrogens with two attached hydrogens (primary N) is 1. The molecule has 0 aliphatic heterocycles. The van der Waals surface area contributed by atoms with Crippen molar-refractivity contribution in [1.82, 2.24) is 4.98 Å². The minimum Gasteiger partial charge on any atom is -0.328 e. The zero-order chi connectivity index (χ0) is 11.7. The Labute approximate surface area is 122 Å². The number of para-hydroxylation sites is 1. The van der Waals surface area contributed by atoms with Gasteiger partial charge in [-0.2, -0.15) is 0 Å². The molecule has 0 amide bonds. The SMILES string of the molecule is Cl.NC1CCC(Sc2nc3ccccc3s2)CC1. The number of fused-ring (bicyclic) bond motifs is 1. The minimum atomic E-state index is 0. The van der Waals surface area contributed by atoms with Gasteiger partial charge >= 0.3 is 0 Å². The summed E-state index contributed by atoms with van der Waals surface area (Å²) in [5, 5.41) is 0.718. The number of thioether (sulfide) groups is 1. The molecule has 0 bridgehead atoms. The van der Waals surface area contributed by atoms with E-state index in [0.29, 0.717) is 6.04 Å². The highest BCUT2D eigenvalue weighted by Gasteiger charge is 2.20. The predicted octanol–water partition coefficient (Wildman–Crippen LogP) is 4.08. The van der Waals surface area contributed by atoms with Crippen molar-refractivity contribution in [3.63, 3.8) is 0 Å². The van der Waals surface area contributed by atoms with Crippen molar-refractivity contribution >= 4 is 45.7 Å². The lowest BCUT2D eigenvalue weighted by Crippen LogP contribution is -2.27. The summed E-state index contributed by atoms with van der Waals surface area (Å²) in [4.78, 5) is 4.68. The van der Waals surface area contributed by atoms with Crippen molar-refractivity contribution in [3.05, 3.63) is 24.3 Å². The van der Waals surface area contributed by atoms with Gasteiger partial charge in [0, 0.05) is 11.3 Å². The normalized spacial score (nSPS) is 23.8. The van der Waals surface area contributed by atoms with Gasteiger partial charge in [-0.25, -0.2) is 4.98 Å². The van der Waals surface area contributed by atoms with Gasteiger partial charge in [-0.1, -0.05) is 23.9 Å². The van der Waals surface area contributed by atoms with Gasteiger partial charge in [0.25, 0.3) is 0 Å². The maximum Gasteiger partial charge on any atom is 0.151 e. The smallest absolute Gasteiger partial charge is 0.151 e. The van der Waals surface area contributed by atoms with Crippen LogP contribution in [0.15, 0.2) is 28.6 Å². The van der Waals surface area contributed by atoms with Crippen LogP contribution < -0.4 is 5.73 Å². The lowest BCUT2D eigenvalue weighted by atomic mass is 9.96. The third-order valence-corrected chi connectivity index (χ3v) is 5.73. The molecule has 0 saturated heterocycles. The van der Waals surface area contributed by atoms with E-state index in [9.17, 15) is 0 Å². The van der Waals surface area contributed by atoms with E-state index in [1.165, 1.54) is 34.7 Å². The van der Waals surface area contributed by atoms with E-state index in [-0.39, 0.29) is 12.4 Å². The molecule has 0 unspecified atom stereocenters. The highest BCUT2D eigenvalue weighted by molar-refractivity contribution is 8.01. The van der Waals surface area contributed by atoms with Crippen LogP contribution in [0.3, 0.4) is 0 Å². The van der Waals surface area contributed by atoms with Crippen LogP contribution in [0.1, 0.15) is 25.7 Å². The molecule has 2 aromatic rings. The Hall–Kier alpha value is -0.290. The largest absolute Gasteiger partial charge is 0.328 e. The number of thiazole rings is 1. The van der Waals surface area contributed by atoms with Gasteiger partial charge in [0.2, 0.25) is 0 Å². The van der Waals surface area contributed by atoms with Crippen molar-refractivity contribution in [1.29, 1.82) is 0 Å². The van der Waals surface area contributed by atoms with Crippen LogP contribution in [0.2, 0.25) is 0 Å². The molecule has 5 heteroatoms. The first-order valence-corrected chi connectivity index (χ1v) is 7.79. The molecule has 1 aromatic heterocycles. The quantitative estimate of drug-likeness (QED) is 0.908. The van der Waals surface area contributed by atoms with E-state index in [0.717, 1.165) is 10.8 Å². The van der Waals surface area contributed by atoms with E-state index in [4.69, 9.17) is 5.73 Å². The van der Waals surface area contributed by atoms with Crippen molar-refractivity contribution < 1.29 is 0 Å². The molecule has 98 valence electrons. The summed E-state index contributed by atoms with van der Waals surface area (Å²) in [6.45, 7) is 0. The van der Waals surface area contributed by atoms with Crippen molar-refractivity contribution in [2.24, 2.45) is 5.73 Å². The summed E-state index contributed by atoms with van der Waals surface area (Å²) in [6.07, 6.45) is 4.81. The van der Waals surface area contributed by atoms with Crippen LogP contribution in [-0.4, -0.2) is 16.3 Å². The highest BCUT2D eigenvalue weighted by Crippen LogP contribution is 2.37. The molecule has 3 rings (SSSR count). The number of nitrogens with zero attached hydrogens (tertiary/aromatic N) is 1. The maximum absolute atomic E-state index is 5.93. The molecule has 1 aliphatic rings. The molecular formula is C13H17ClN2S2. The number of benzene rings is 1. The average Bonchev–Trinajstić information content (AvgIpc) is 2.74. The first kappa shape index (κ1) is 14.1. The summed E-state index contributed by atoms with van der Waals surface area (Å²) in [7, 11) is 0. The second-order valence-electron chi connectivity index (χ2n) is 4.60. The topological polar surface area (TPSA) is 38.9 Å². The second kappa shape index (κ2) is 6.24. The van der Waals surface area contributed by atoms with E-state index < -0.39 is 0 Å².